The van der Waals surface area contributed by atoms with Crippen LogP contribution in [0.15, 0.2) is 24.3 Å². The molecule has 0 amide bonds. The molecular formula is C14H22N2O2S. The minimum absolute atomic E-state index is 0.137. The van der Waals surface area contributed by atoms with Gasteiger partial charge in [-0.25, -0.2) is 13.1 Å². The molecule has 0 radical (unpaired) electrons. The fourth-order valence-electron chi connectivity index (χ4n) is 2.53. The molecule has 0 saturated carbocycles. The van der Waals surface area contributed by atoms with Gasteiger partial charge in [0.15, 0.2) is 0 Å². The lowest BCUT2D eigenvalue weighted by Gasteiger charge is -2.28. The maximum Gasteiger partial charge on any atom is 0.208 e. The van der Waals surface area contributed by atoms with Crippen LogP contribution in [-0.2, 0) is 10.0 Å². The highest BCUT2D eigenvalue weighted by atomic mass is 32.2. The number of nitrogens with one attached hydrogen (secondary N) is 1. The predicted octanol–water partition coefficient (Wildman–Crippen LogP) is 1.68. The van der Waals surface area contributed by atoms with Crippen molar-refractivity contribution in [3.05, 3.63) is 35.4 Å². The molecule has 0 aromatic heterocycles. The molecular weight excluding hydrogens is 260 g/mol. The van der Waals surface area contributed by atoms with Gasteiger partial charge in [-0.05, 0) is 38.4 Å². The standard InChI is InChI=1S/C14H22N2O2S/c1-12-5-7-13(8-6-12)14(11-15-19(2,17)18)16-9-3-4-10-16/h5-8,14-15H,3-4,9-11H2,1-2H3. The average molecular weight is 282 g/mol. The Hall–Kier alpha value is -0.910. The topological polar surface area (TPSA) is 49.4 Å². The van der Waals surface area contributed by atoms with E-state index in [2.05, 4.69) is 40.8 Å². The van der Waals surface area contributed by atoms with Crippen molar-refractivity contribution in [1.82, 2.24) is 9.62 Å². The average Bonchev–Trinajstić information content (AvgIpc) is 2.84. The molecule has 0 spiro atoms. The quantitative estimate of drug-likeness (QED) is 0.894. The zero-order valence-corrected chi connectivity index (χ0v) is 12.4. The molecule has 4 nitrogen and oxygen atoms in total. The first-order valence-electron chi connectivity index (χ1n) is 6.71. The third-order valence-corrected chi connectivity index (χ3v) is 4.27. The van der Waals surface area contributed by atoms with E-state index in [4.69, 9.17) is 0 Å². The Labute approximate surface area is 115 Å². The summed E-state index contributed by atoms with van der Waals surface area (Å²) in [7, 11) is -3.14. The molecule has 0 aliphatic carbocycles. The molecule has 5 heteroatoms. The predicted molar refractivity (Wildman–Crippen MR) is 77.6 cm³/mol. The molecule has 0 bridgehead atoms. The van der Waals surface area contributed by atoms with E-state index in [-0.39, 0.29) is 6.04 Å². The van der Waals surface area contributed by atoms with Gasteiger partial charge in [0, 0.05) is 12.6 Å². The molecule has 1 unspecified atom stereocenters. The zero-order chi connectivity index (χ0) is 13.9. The minimum atomic E-state index is -3.14. The number of rotatable bonds is 5. The van der Waals surface area contributed by atoms with Crippen molar-refractivity contribution in [3.63, 3.8) is 0 Å². The van der Waals surface area contributed by atoms with E-state index in [0.717, 1.165) is 13.1 Å². The first-order valence-corrected chi connectivity index (χ1v) is 8.60. The van der Waals surface area contributed by atoms with Crippen LogP contribution in [0.5, 0.6) is 0 Å². The Balaban J connectivity index is 2.15. The summed E-state index contributed by atoms with van der Waals surface area (Å²) in [5.41, 5.74) is 2.41. The van der Waals surface area contributed by atoms with Crippen LogP contribution in [0.4, 0.5) is 0 Å². The molecule has 1 saturated heterocycles. The third-order valence-electron chi connectivity index (χ3n) is 3.58. The largest absolute Gasteiger partial charge is 0.295 e. The first kappa shape index (κ1) is 14.5. The number of hydrogen-bond acceptors (Lipinski definition) is 3. The van der Waals surface area contributed by atoms with Gasteiger partial charge in [0.05, 0.1) is 6.26 Å². The van der Waals surface area contributed by atoms with E-state index in [1.807, 2.05) is 0 Å². The van der Waals surface area contributed by atoms with Gasteiger partial charge in [-0.1, -0.05) is 29.8 Å². The summed E-state index contributed by atoms with van der Waals surface area (Å²) in [5, 5.41) is 0. The lowest BCUT2D eigenvalue weighted by Crippen LogP contribution is -2.36. The smallest absolute Gasteiger partial charge is 0.208 e. The maximum atomic E-state index is 11.3. The lowest BCUT2D eigenvalue weighted by atomic mass is 10.0. The summed E-state index contributed by atoms with van der Waals surface area (Å²) >= 11 is 0. The molecule has 1 aromatic rings. The van der Waals surface area contributed by atoms with Gasteiger partial charge < -0.3 is 0 Å². The normalized spacial score (nSPS) is 18.6. The van der Waals surface area contributed by atoms with Crippen molar-refractivity contribution >= 4 is 10.0 Å². The number of hydrogen-bond donors (Lipinski definition) is 1. The van der Waals surface area contributed by atoms with Gasteiger partial charge in [0.2, 0.25) is 10.0 Å². The SMILES string of the molecule is Cc1ccc(C(CNS(C)(=O)=O)N2CCCC2)cc1. The van der Waals surface area contributed by atoms with E-state index in [1.165, 1.54) is 30.2 Å². The first-order chi connectivity index (χ1) is 8.96. The Morgan fingerprint density at radius 3 is 2.32 bits per heavy atom. The minimum Gasteiger partial charge on any atom is -0.295 e. The number of likely N-dealkylation sites (tertiary alicyclic amines) is 1. The van der Waals surface area contributed by atoms with Crippen molar-refractivity contribution in [2.45, 2.75) is 25.8 Å². The van der Waals surface area contributed by atoms with Crippen LogP contribution in [-0.4, -0.2) is 39.2 Å². The summed E-state index contributed by atoms with van der Waals surface area (Å²) in [6.07, 6.45) is 3.60. The Morgan fingerprint density at radius 2 is 1.79 bits per heavy atom. The van der Waals surface area contributed by atoms with Gasteiger partial charge in [-0.3, -0.25) is 4.90 Å². The maximum absolute atomic E-state index is 11.3. The lowest BCUT2D eigenvalue weighted by molar-refractivity contribution is 0.246. The van der Waals surface area contributed by atoms with Gasteiger partial charge in [-0.15, -0.1) is 0 Å². The van der Waals surface area contributed by atoms with Crippen molar-refractivity contribution < 1.29 is 8.42 Å². The zero-order valence-electron chi connectivity index (χ0n) is 11.6. The molecule has 1 atom stereocenters. The van der Waals surface area contributed by atoms with Crippen molar-refractivity contribution in [1.29, 1.82) is 0 Å². The molecule has 19 heavy (non-hydrogen) atoms. The van der Waals surface area contributed by atoms with Crippen LogP contribution in [0, 0.1) is 6.92 Å². The highest BCUT2D eigenvalue weighted by Crippen LogP contribution is 2.24. The van der Waals surface area contributed by atoms with E-state index in [1.54, 1.807) is 0 Å². The van der Waals surface area contributed by atoms with Crippen molar-refractivity contribution in [2.75, 3.05) is 25.9 Å². The van der Waals surface area contributed by atoms with Crippen LogP contribution >= 0.6 is 0 Å². The highest BCUT2D eigenvalue weighted by molar-refractivity contribution is 7.88. The Kier molecular flexibility index (Phi) is 4.60. The van der Waals surface area contributed by atoms with Crippen LogP contribution < -0.4 is 4.72 Å². The Morgan fingerprint density at radius 1 is 1.21 bits per heavy atom. The third kappa shape index (κ3) is 4.30. The summed E-state index contributed by atoms with van der Waals surface area (Å²) in [5.74, 6) is 0. The van der Waals surface area contributed by atoms with Gasteiger partial charge in [0.25, 0.3) is 0 Å². The molecule has 1 aliphatic heterocycles. The molecule has 1 aliphatic rings. The van der Waals surface area contributed by atoms with E-state index < -0.39 is 10.0 Å². The van der Waals surface area contributed by atoms with Gasteiger partial charge >= 0.3 is 0 Å². The second-order valence-corrected chi connectivity index (χ2v) is 7.12. The van der Waals surface area contributed by atoms with E-state index in [9.17, 15) is 8.42 Å². The van der Waals surface area contributed by atoms with Gasteiger partial charge in [0.1, 0.15) is 0 Å². The van der Waals surface area contributed by atoms with Crippen molar-refractivity contribution in [2.24, 2.45) is 0 Å². The summed E-state index contributed by atoms with van der Waals surface area (Å²) < 4.78 is 25.3. The van der Waals surface area contributed by atoms with E-state index in [0.29, 0.717) is 6.54 Å². The molecule has 1 aromatic carbocycles. The number of benzene rings is 1. The van der Waals surface area contributed by atoms with Gasteiger partial charge in [-0.2, -0.15) is 0 Å². The Bertz CT molecular complexity index is 505. The van der Waals surface area contributed by atoms with Crippen LogP contribution in [0.3, 0.4) is 0 Å². The second-order valence-electron chi connectivity index (χ2n) is 5.29. The van der Waals surface area contributed by atoms with Crippen molar-refractivity contribution in [3.8, 4) is 0 Å². The fourth-order valence-corrected chi connectivity index (χ4v) is 2.99. The van der Waals surface area contributed by atoms with Crippen LogP contribution in [0.25, 0.3) is 0 Å². The molecule has 2 rings (SSSR count). The molecule has 1 N–H and O–H groups in total. The molecule has 1 heterocycles. The summed E-state index contributed by atoms with van der Waals surface area (Å²) in [4.78, 5) is 2.36. The monoisotopic (exact) mass is 282 g/mol. The highest BCUT2D eigenvalue weighted by Gasteiger charge is 2.24. The van der Waals surface area contributed by atoms with E-state index >= 15 is 0 Å². The summed E-state index contributed by atoms with van der Waals surface area (Å²) in [6, 6.07) is 8.50. The van der Waals surface area contributed by atoms with Crippen LogP contribution in [0.2, 0.25) is 0 Å². The van der Waals surface area contributed by atoms with Crippen LogP contribution in [0.1, 0.15) is 30.0 Å². The molecule has 1 fully saturated rings. The second kappa shape index (κ2) is 6.03. The number of aryl methyl sites for hydroxylation is 1. The number of sulfonamides is 1. The molecule has 106 valence electrons. The number of nitrogens with zero attached hydrogens (tertiary/aromatic N) is 1. The summed E-state index contributed by atoms with van der Waals surface area (Å²) in [6.45, 7) is 4.60. The fraction of sp³-hybridized carbons (Fsp3) is 0.571.